The van der Waals surface area contributed by atoms with Crippen LogP contribution in [0.25, 0.3) is 0 Å². The Labute approximate surface area is 438 Å². The smallest absolute Gasteiger partial charge is 0.407 e. The first-order valence-corrected chi connectivity index (χ1v) is 27.5. The molecule has 1 aromatic carbocycles. The second kappa shape index (κ2) is 26.4. The second-order valence-electron chi connectivity index (χ2n) is 23.1. The first kappa shape index (κ1) is 58.6. The summed E-state index contributed by atoms with van der Waals surface area (Å²) in [7, 11) is 0. The number of hydrogen-bond donors (Lipinski definition) is 8. The van der Waals surface area contributed by atoms with Crippen LogP contribution in [0.5, 0.6) is 0 Å². The van der Waals surface area contributed by atoms with Crippen molar-refractivity contribution in [2.45, 2.75) is 200 Å². The predicted molar refractivity (Wildman–Crippen MR) is 277 cm³/mol. The number of rotatable bonds is 24. The van der Waals surface area contributed by atoms with Crippen molar-refractivity contribution >= 4 is 35.6 Å². The van der Waals surface area contributed by atoms with Gasteiger partial charge in [0.25, 0.3) is 0 Å². The van der Waals surface area contributed by atoms with Crippen molar-refractivity contribution in [3.8, 4) is 0 Å². The number of ether oxygens (including phenoxy) is 4. The van der Waals surface area contributed by atoms with Gasteiger partial charge in [-0.1, -0.05) is 95.9 Å². The number of fused-ring (bicyclic) bond motifs is 5. The lowest BCUT2D eigenvalue weighted by Gasteiger charge is -2.58. The molecule has 0 aromatic heterocycles. The zero-order valence-electron chi connectivity index (χ0n) is 45.2. The second-order valence-corrected chi connectivity index (χ2v) is 23.1. The van der Waals surface area contributed by atoms with Gasteiger partial charge in [0.2, 0.25) is 29.5 Å². The lowest BCUT2D eigenvalue weighted by atomic mass is 9.47. The highest BCUT2D eigenvalue weighted by atomic mass is 16.7. The van der Waals surface area contributed by atoms with Crippen LogP contribution in [-0.2, 0) is 49.5 Å². The molecule has 1 aromatic rings. The Morgan fingerprint density at radius 3 is 2.30 bits per heavy atom. The molecule has 4 aliphatic carbocycles. The highest BCUT2D eigenvalue weighted by molar-refractivity contribution is 5.92. The third-order valence-electron chi connectivity index (χ3n) is 17.5. The third-order valence-corrected chi connectivity index (χ3v) is 17.5. The Hall–Kier alpha value is -4.62. The van der Waals surface area contributed by atoms with E-state index in [1.165, 1.54) is 71.3 Å². The molecule has 1 saturated heterocycles. The standard InChI is InChI=1S/C56H88N6O12/c1-32(2)13-12-14-33(3)41-19-20-42-40-18-17-38-29-39(23-25-55(38,7)43(40)24-26-56(41,42)8)73-54(70)59-28-27-58-46(65)22-21-44(50(57)67)62-51(68)34(4)60-52(69)35(5)72-49-47(61-36(6)64)53(74-45(30-63)48(49)66)71-31-37-15-10-9-11-16-37/h9-11,15-17,32-35,39-45,47-49,53,63,66H,12-14,18-31H2,1-8H3,(H2,57,67)(H,58,65)(H,59,70)(H,60,69)(H,61,64)(H,62,68)/t33-,34+,35-,39+,40+,41-,42+,43+,44-,45-,47-,48-,49-,53+,55+,56-/m1/s1. The maximum absolute atomic E-state index is 13.3. The van der Waals surface area contributed by atoms with E-state index in [0.29, 0.717) is 11.3 Å². The summed E-state index contributed by atoms with van der Waals surface area (Å²) in [5.74, 6) is 1.20. The molecule has 6 rings (SSSR count). The van der Waals surface area contributed by atoms with Gasteiger partial charge in [0, 0.05) is 32.9 Å². The number of carbonyl (C=O) groups excluding carboxylic acids is 6. The maximum Gasteiger partial charge on any atom is 0.407 e. The fourth-order valence-corrected chi connectivity index (χ4v) is 13.5. The number of carbonyl (C=O) groups is 6. The molecule has 5 aliphatic rings. The highest BCUT2D eigenvalue weighted by Gasteiger charge is 2.59. The van der Waals surface area contributed by atoms with Crippen LogP contribution in [0, 0.1) is 46.3 Å². The molecular formula is C56H88N6O12. The monoisotopic (exact) mass is 1040 g/mol. The first-order chi connectivity index (χ1) is 35.1. The molecule has 1 aliphatic heterocycles. The first-order valence-electron chi connectivity index (χ1n) is 27.5. The number of aliphatic hydroxyl groups excluding tert-OH is 2. The van der Waals surface area contributed by atoms with Gasteiger partial charge in [0.05, 0.1) is 13.2 Å². The van der Waals surface area contributed by atoms with E-state index in [1.54, 1.807) is 0 Å². The molecule has 18 heteroatoms. The van der Waals surface area contributed by atoms with Gasteiger partial charge in [0.1, 0.15) is 48.6 Å². The fraction of sp³-hybridized carbons (Fsp3) is 0.750. The quantitative estimate of drug-likeness (QED) is 0.0499. The van der Waals surface area contributed by atoms with E-state index in [9.17, 15) is 39.0 Å². The number of alkyl carbamates (subject to hydrolysis) is 1. The number of hydrogen-bond acceptors (Lipinski definition) is 12. The largest absolute Gasteiger partial charge is 0.446 e. The van der Waals surface area contributed by atoms with Gasteiger partial charge in [-0.3, -0.25) is 24.0 Å². The summed E-state index contributed by atoms with van der Waals surface area (Å²) >= 11 is 0. The molecule has 0 radical (unpaired) electrons. The van der Waals surface area contributed by atoms with Gasteiger partial charge in [0.15, 0.2) is 6.29 Å². The molecule has 6 amide bonds. The minimum Gasteiger partial charge on any atom is -0.446 e. The summed E-state index contributed by atoms with van der Waals surface area (Å²) in [6.07, 6.45) is 8.02. The van der Waals surface area contributed by atoms with E-state index in [2.05, 4.69) is 67.3 Å². The Kier molecular flexibility index (Phi) is 20.9. The zero-order valence-corrected chi connectivity index (χ0v) is 45.2. The van der Waals surface area contributed by atoms with Crippen molar-refractivity contribution in [2.75, 3.05) is 19.7 Å². The zero-order chi connectivity index (χ0) is 53.9. The minimum atomic E-state index is -1.50. The van der Waals surface area contributed by atoms with Crippen LogP contribution in [0.4, 0.5) is 4.79 Å². The average Bonchev–Trinajstić information content (AvgIpc) is 3.72. The van der Waals surface area contributed by atoms with Crippen LogP contribution in [0.1, 0.15) is 144 Å². The van der Waals surface area contributed by atoms with Crippen LogP contribution in [0.15, 0.2) is 42.0 Å². The molecule has 0 spiro atoms. The molecular weight excluding hydrogens is 949 g/mol. The van der Waals surface area contributed by atoms with Crippen molar-refractivity contribution in [3.63, 3.8) is 0 Å². The molecule has 74 heavy (non-hydrogen) atoms. The lowest BCUT2D eigenvalue weighted by molar-refractivity contribution is -0.283. The van der Waals surface area contributed by atoms with Gasteiger partial charge in [-0.15, -0.1) is 0 Å². The van der Waals surface area contributed by atoms with Crippen molar-refractivity contribution in [2.24, 2.45) is 52.1 Å². The number of amides is 6. The molecule has 16 atom stereocenters. The van der Waals surface area contributed by atoms with Crippen molar-refractivity contribution in [3.05, 3.63) is 47.5 Å². The van der Waals surface area contributed by atoms with Crippen LogP contribution >= 0.6 is 0 Å². The molecule has 0 bridgehead atoms. The summed E-state index contributed by atoms with van der Waals surface area (Å²) in [5.41, 5.74) is 8.40. The highest BCUT2D eigenvalue weighted by Crippen LogP contribution is 2.67. The summed E-state index contributed by atoms with van der Waals surface area (Å²) in [4.78, 5) is 76.8. The molecule has 0 unspecified atom stereocenters. The van der Waals surface area contributed by atoms with E-state index in [0.717, 1.165) is 60.8 Å². The summed E-state index contributed by atoms with van der Waals surface area (Å²) < 4.78 is 23.6. The van der Waals surface area contributed by atoms with Gasteiger partial charge < -0.3 is 61.5 Å². The predicted octanol–water partition coefficient (Wildman–Crippen LogP) is 5.07. The third kappa shape index (κ3) is 14.6. The van der Waals surface area contributed by atoms with Crippen molar-refractivity contribution in [1.82, 2.24) is 26.6 Å². The number of allylic oxidation sites excluding steroid dienone is 1. The van der Waals surface area contributed by atoms with Gasteiger partial charge >= 0.3 is 6.09 Å². The minimum absolute atomic E-state index is 0.0658. The average molecular weight is 1040 g/mol. The molecule has 414 valence electrons. The SMILES string of the molecule is CC(=O)N[C@H]1[C@@H](OCc2ccccc2)O[C@H](CO)[C@@H](O)[C@@H]1O[C@H](C)C(=O)N[C@@H](C)C(=O)N[C@H](CCC(=O)NCCNC(=O)O[C@H]1CC[C@@]2(C)C(=CC[C@H]3[C@@H]4CC[C@H]([C@H](C)CCCC(C)C)[C@@]4(C)CC[C@@H]32)C1)C(N)=O. The number of nitrogens with one attached hydrogen (secondary N) is 5. The normalized spacial score (nSPS) is 32.0. The number of nitrogens with two attached hydrogens (primary N) is 1. The van der Waals surface area contributed by atoms with E-state index < -0.39 is 91.1 Å². The van der Waals surface area contributed by atoms with Gasteiger partial charge in [-0.05, 0) is 117 Å². The van der Waals surface area contributed by atoms with Crippen LogP contribution in [0.3, 0.4) is 0 Å². The molecule has 4 fully saturated rings. The lowest BCUT2D eigenvalue weighted by Crippen LogP contribution is -2.66. The topological polar surface area (TPSA) is 266 Å². The Balaban J connectivity index is 0.894. The number of aliphatic hydroxyl groups is 2. The maximum atomic E-state index is 13.3. The Bertz CT molecular complexity index is 2110. The summed E-state index contributed by atoms with van der Waals surface area (Å²) in [5, 5.41) is 34.2. The van der Waals surface area contributed by atoms with Crippen molar-refractivity contribution in [1.29, 1.82) is 0 Å². The van der Waals surface area contributed by atoms with E-state index >= 15 is 0 Å². The molecule has 9 N–H and O–H groups in total. The van der Waals surface area contributed by atoms with E-state index in [1.807, 2.05) is 30.3 Å². The number of primary amides is 1. The fourth-order valence-electron chi connectivity index (χ4n) is 13.5. The van der Waals surface area contributed by atoms with E-state index in [4.69, 9.17) is 24.7 Å². The molecule has 3 saturated carbocycles. The number of benzene rings is 1. The van der Waals surface area contributed by atoms with Crippen LogP contribution in [0.2, 0.25) is 0 Å². The van der Waals surface area contributed by atoms with Gasteiger partial charge in [-0.25, -0.2) is 4.79 Å². The van der Waals surface area contributed by atoms with Gasteiger partial charge in [-0.2, -0.15) is 0 Å². The van der Waals surface area contributed by atoms with Crippen LogP contribution < -0.4 is 32.3 Å². The summed E-state index contributed by atoms with van der Waals surface area (Å²) in [6, 6.07) is 5.57. The molecule has 1 heterocycles. The Morgan fingerprint density at radius 1 is 0.878 bits per heavy atom. The van der Waals surface area contributed by atoms with E-state index in [-0.39, 0.29) is 44.1 Å². The Morgan fingerprint density at radius 2 is 1.61 bits per heavy atom. The van der Waals surface area contributed by atoms with Crippen LogP contribution in [-0.4, -0.2) is 120 Å². The molecule has 18 nitrogen and oxygen atoms in total. The van der Waals surface area contributed by atoms with Crippen molar-refractivity contribution < 1.29 is 57.9 Å². The summed E-state index contributed by atoms with van der Waals surface area (Å²) in [6.45, 7) is 16.0.